The van der Waals surface area contributed by atoms with Gasteiger partial charge in [-0.3, -0.25) is 9.71 Å². The fraction of sp³-hybridized carbons (Fsp3) is 0.250. The van der Waals surface area contributed by atoms with Crippen molar-refractivity contribution in [3.05, 3.63) is 28.3 Å². The summed E-state index contributed by atoms with van der Waals surface area (Å²) in [4.78, 5) is 11.5. The van der Waals surface area contributed by atoms with Crippen LogP contribution in [0.2, 0.25) is 0 Å². The van der Waals surface area contributed by atoms with Gasteiger partial charge in [-0.2, -0.15) is 0 Å². The molecule has 0 aromatic carbocycles. The second-order valence-corrected chi connectivity index (χ2v) is 1.16. The summed E-state index contributed by atoms with van der Waals surface area (Å²) in [6.07, 6.45) is 3.53. The monoisotopic (exact) mass is 126 g/mol. The van der Waals surface area contributed by atoms with Crippen LogP contribution in [-0.4, -0.2) is 5.97 Å². The van der Waals surface area contributed by atoms with Gasteiger partial charge in [0.2, 0.25) is 0 Å². The van der Waals surface area contributed by atoms with Crippen molar-refractivity contribution in [3.63, 3.8) is 0 Å². The summed E-state index contributed by atoms with van der Waals surface area (Å²) >= 11 is 0. The van der Waals surface area contributed by atoms with E-state index in [1.165, 1.54) is 11.2 Å². The van der Waals surface area contributed by atoms with E-state index in [4.69, 9.17) is 11.1 Å². The van der Waals surface area contributed by atoms with Crippen molar-refractivity contribution in [2.45, 2.75) is 6.42 Å². The minimum absolute atomic E-state index is 0.157. The van der Waals surface area contributed by atoms with E-state index in [2.05, 4.69) is 4.74 Å². The Bertz CT molecular complexity index is 147. The molecule has 9 heavy (non-hydrogen) atoms. The zero-order chi connectivity index (χ0) is 7.11. The summed E-state index contributed by atoms with van der Waals surface area (Å²) in [5.74, 6) is -0.157. The Morgan fingerprint density at radius 1 is 1.67 bits per heavy atom. The highest BCUT2D eigenvalue weighted by molar-refractivity contribution is 5.73. The molecule has 1 heterocycles. The summed E-state index contributed by atoms with van der Waals surface area (Å²) in [5.41, 5.74) is 13.5. The summed E-state index contributed by atoms with van der Waals surface area (Å²) < 4.78 is 4.33. The summed E-state index contributed by atoms with van der Waals surface area (Å²) in [5, 5.41) is 0. The SMILES string of the molecule is O=C1CC=CO1.[N-]=[N+]=[N-]. The van der Waals surface area contributed by atoms with Crippen LogP contribution in [0.3, 0.4) is 0 Å². The van der Waals surface area contributed by atoms with Gasteiger partial charge in [0.15, 0.2) is 0 Å². The number of cyclic esters (lactones) is 1. The lowest BCUT2D eigenvalue weighted by Crippen LogP contribution is -1.87. The predicted octanol–water partition coefficient (Wildman–Crippen LogP) is 1.31. The third-order valence-corrected chi connectivity index (χ3v) is 0.580. The number of rotatable bonds is 0. The van der Waals surface area contributed by atoms with E-state index in [0.717, 1.165) is 0 Å². The maximum absolute atomic E-state index is 9.96. The van der Waals surface area contributed by atoms with Crippen LogP contribution >= 0.6 is 0 Å². The molecule has 0 aliphatic carbocycles. The average Bonchev–Trinajstić information content (AvgIpc) is 2.20. The van der Waals surface area contributed by atoms with Gasteiger partial charge in [0.05, 0.1) is 12.7 Å². The molecular weight excluding hydrogens is 122 g/mol. The molecule has 0 saturated heterocycles. The Morgan fingerprint density at radius 3 is 2.33 bits per heavy atom. The molecule has 1 rings (SSSR count). The largest absolute Gasteiger partial charge is 0.435 e. The van der Waals surface area contributed by atoms with Crippen LogP contribution in [0.5, 0.6) is 0 Å². The number of ether oxygens (including phenoxy) is 1. The van der Waals surface area contributed by atoms with Crippen molar-refractivity contribution >= 4 is 5.97 Å². The van der Waals surface area contributed by atoms with Gasteiger partial charge < -0.3 is 15.8 Å². The van der Waals surface area contributed by atoms with Gasteiger partial charge in [-0.15, -0.1) is 0 Å². The van der Waals surface area contributed by atoms with Crippen LogP contribution in [0.15, 0.2) is 12.3 Å². The Kier molecular flexibility index (Phi) is 3.90. The summed E-state index contributed by atoms with van der Waals surface area (Å²) in [7, 11) is 0. The molecule has 0 amide bonds. The zero-order valence-corrected chi connectivity index (χ0v) is 4.52. The molecule has 0 saturated carbocycles. The molecule has 0 aromatic heterocycles. The van der Waals surface area contributed by atoms with Gasteiger partial charge in [0.25, 0.3) is 0 Å². The van der Waals surface area contributed by atoms with Crippen LogP contribution in [0.4, 0.5) is 0 Å². The van der Waals surface area contributed by atoms with Crippen LogP contribution in [0.1, 0.15) is 6.42 Å². The number of hydrogen-bond acceptors (Lipinski definition) is 2. The smallest absolute Gasteiger partial charge is 0.314 e. The molecule has 1 aliphatic rings. The predicted molar refractivity (Wildman–Crippen MR) is 29.9 cm³/mol. The molecule has 5 heteroatoms. The molecular formula is C4H4N3O2-. The quantitative estimate of drug-likeness (QED) is 0.212. The molecule has 0 atom stereocenters. The highest BCUT2D eigenvalue weighted by Gasteiger charge is 2.00. The summed E-state index contributed by atoms with van der Waals surface area (Å²) in [6.45, 7) is 0. The number of hydrogen-bond donors (Lipinski definition) is 0. The first-order valence-corrected chi connectivity index (χ1v) is 2.14. The fourth-order valence-corrected chi connectivity index (χ4v) is 0.316. The highest BCUT2D eigenvalue weighted by Crippen LogP contribution is 1.96. The second kappa shape index (κ2) is 4.67. The lowest BCUT2D eigenvalue weighted by Gasteiger charge is -1.78. The maximum Gasteiger partial charge on any atom is 0.314 e. The first-order chi connectivity index (χ1) is 4.31. The van der Waals surface area contributed by atoms with Crippen molar-refractivity contribution in [2.24, 2.45) is 0 Å². The highest BCUT2D eigenvalue weighted by atomic mass is 16.5. The van der Waals surface area contributed by atoms with E-state index in [-0.39, 0.29) is 5.97 Å². The first-order valence-electron chi connectivity index (χ1n) is 2.14. The van der Waals surface area contributed by atoms with Gasteiger partial charge in [-0.1, -0.05) is 0 Å². The average molecular weight is 126 g/mol. The van der Waals surface area contributed by atoms with Crippen molar-refractivity contribution in [2.75, 3.05) is 0 Å². The van der Waals surface area contributed by atoms with Gasteiger partial charge >= 0.3 is 5.97 Å². The number of carbonyl (C=O) groups is 1. The van der Waals surface area contributed by atoms with Crippen LogP contribution < -0.4 is 0 Å². The van der Waals surface area contributed by atoms with E-state index >= 15 is 0 Å². The van der Waals surface area contributed by atoms with Gasteiger partial charge in [-0.05, 0) is 6.08 Å². The molecule has 0 fully saturated rings. The van der Waals surface area contributed by atoms with Gasteiger partial charge in [0.1, 0.15) is 0 Å². The van der Waals surface area contributed by atoms with Crippen molar-refractivity contribution in [1.29, 1.82) is 0 Å². The van der Waals surface area contributed by atoms with E-state index in [9.17, 15) is 4.79 Å². The number of esters is 1. The van der Waals surface area contributed by atoms with Crippen molar-refractivity contribution in [3.8, 4) is 0 Å². The third kappa shape index (κ3) is 4.37. The lowest BCUT2D eigenvalue weighted by molar-refractivity contribution is -0.135. The maximum atomic E-state index is 9.96. The van der Waals surface area contributed by atoms with E-state index in [1.54, 1.807) is 6.08 Å². The number of nitrogens with zero attached hydrogens (tertiary/aromatic N) is 3. The standard InChI is InChI=1S/C4H4O2.N3/c5-4-2-1-3-6-4;1-3-2/h1,3H,2H2;/q;-1. The first kappa shape index (κ1) is 7.52. The third-order valence-electron chi connectivity index (χ3n) is 0.580. The lowest BCUT2D eigenvalue weighted by atomic mass is 10.5. The van der Waals surface area contributed by atoms with Crippen molar-refractivity contribution < 1.29 is 9.53 Å². The second-order valence-electron chi connectivity index (χ2n) is 1.16. The molecule has 1 aliphatic heterocycles. The minimum Gasteiger partial charge on any atom is -0.435 e. The Labute approximate surface area is 51.3 Å². The number of carbonyl (C=O) groups excluding carboxylic acids is 1. The molecule has 0 unspecified atom stereocenters. The Morgan fingerprint density at radius 2 is 2.22 bits per heavy atom. The summed E-state index contributed by atoms with van der Waals surface area (Å²) in [6, 6.07) is 0. The molecule has 0 spiro atoms. The van der Waals surface area contributed by atoms with E-state index < -0.39 is 0 Å². The Balaban J connectivity index is 0.000000187. The molecule has 0 N–H and O–H groups in total. The van der Waals surface area contributed by atoms with Gasteiger partial charge in [0, 0.05) is 0 Å². The molecule has 0 radical (unpaired) electrons. The van der Waals surface area contributed by atoms with Crippen LogP contribution in [-0.2, 0) is 9.53 Å². The minimum atomic E-state index is -0.157. The molecule has 0 aromatic rings. The molecule has 0 bridgehead atoms. The zero-order valence-electron chi connectivity index (χ0n) is 4.52. The van der Waals surface area contributed by atoms with Gasteiger partial charge in [-0.25, -0.2) is 0 Å². The van der Waals surface area contributed by atoms with Crippen LogP contribution in [0, 0.1) is 0 Å². The van der Waals surface area contributed by atoms with Crippen LogP contribution in [0.25, 0.3) is 16.0 Å². The molecule has 48 valence electrons. The Hall–Kier alpha value is -1.48. The van der Waals surface area contributed by atoms with E-state index in [0.29, 0.717) is 6.42 Å². The molecule has 5 nitrogen and oxygen atoms in total. The van der Waals surface area contributed by atoms with Crippen molar-refractivity contribution in [1.82, 2.24) is 0 Å². The fourth-order valence-electron chi connectivity index (χ4n) is 0.316. The topological polar surface area (TPSA) is 85.0 Å². The van der Waals surface area contributed by atoms with E-state index in [1.807, 2.05) is 0 Å². The normalized spacial score (nSPS) is 13.1.